The maximum absolute atomic E-state index is 13.6. The molecule has 2 rings (SSSR count). The van der Waals surface area contributed by atoms with Crippen LogP contribution in [0.4, 0.5) is 13.6 Å². The van der Waals surface area contributed by atoms with Gasteiger partial charge in [-0.1, -0.05) is 6.07 Å². The minimum absolute atomic E-state index is 0.0302. The lowest BCUT2D eigenvalue weighted by atomic mass is 9.86. The highest BCUT2D eigenvalue weighted by molar-refractivity contribution is 5.74. The predicted molar refractivity (Wildman–Crippen MR) is 79.7 cm³/mol. The van der Waals surface area contributed by atoms with Gasteiger partial charge < -0.3 is 15.3 Å². The predicted octanol–water partition coefficient (Wildman–Crippen LogP) is 2.75. The summed E-state index contributed by atoms with van der Waals surface area (Å²) in [6.07, 6.45) is 2.30. The molecular weight excluding hydrogens is 306 g/mol. The van der Waals surface area contributed by atoms with Gasteiger partial charge in [0.25, 0.3) is 0 Å². The minimum atomic E-state index is -0.793. The molecule has 2 amide bonds. The zero-order chi connectivity index (χ0) is 17.0. The first kappa shape index (κ1) is 17.2. The van der Waals surface area contributed by atoms with E-state index in [-0.39, 0.29) is 30.1 Å². The van der Waals surface area contributed by atoms with Crippen molar-refractivity contribution in [1.29, 1.82) is 0 Å². The summed E-state index contributed by atoms with van der Waals surface area (Å²) < 4.78 is 26.5. The Kier molecular flexibility index (Phi) is 5.52. The van der Waals surface area contributed by atoms with E-state index in [1.54, 1.807) is 0 Å². The summed E-state index contributed by atoms with van der Waals surface area (Å²) in [5.74, 6) is -2.48. The van der Waals surface area contributed by atoms with E-state index in [2.05, 4.69) is 5.32 Å². The highest BCUT2D eigenvalue weighted by Crippen LogP contribution is 2.24. The van der Waals surface area contributed by atoms with E-state index in [0.29, 0.717) is 25.7 Å². The van der Waals surface area contributed by atoms with E-state index in [9.17, 15) is 18.4 Å². The Bertz CT molecular complexity index is 587. The Balaban J connectivity index is 1.85. The molecule has 5 nitrogen and oxygen atoms in total. The molecule has 1 aliphatic rings. The van der Waals surface area contributed by atoms with E-state index >= 15 is 0 Å². The van der Waals surface area contributed by atoms with Crippen LogP contribution < -0.4 is 5.32 Å². The molecule has 2 N–H and O–H groups in total. The van der Waals surface area contributed by atoms with E-state index in [4.69, 9.17) is 5.11 Å². The van der Waals surface area contributed by atoms with Crippen molar-refractivity contribution in [3.05, 3.63) is 35.4 Å². The van der Waals surface area contributed by atoms with Crippen LogP contribution in [0.15, 0.2) is 18.2 Å². The fourth-order valence-electron chi connectivity index (χ4n) is 2.75. The highest BCUT2D eigenvalue weighted by atomic mass is 19.1. The van der Waals surface area contributed by atoms with Crippen LogP contribution in [0.5, 0.6) is 0 Å². The summed E-state index contributed by atoms with van der Waals surface area (Å²) >= 11 is 0. The zero-order valence-electron chi connectivity index (χ0n) is 12.9. The molecular formula is C16H20F2N2O3. The third kappa shape index (κ3) is 4.64. The van der Waals surface area contributed by atoms with Gasteiger partial charge in [-0.25, -0.2) is 13.6 Å². The second-order valence-corrected chi connectivity index (χ2v) is 5.93. The number of carbonyl (C=O) groups excluding carboxylic acids is 1. The number of carboxylic acids is 1. The van der Waals surface area contributed by atoms with Gasteiger partial charge in [-0.05, 0) is 31.7 Å². The summed E-state index contributed by atoms with van der Waals surface area (Å²) in [5.41, 5.74) is 0.235. The van der Waals surface area contributed by atoms with Crippen molar-refractivity contribution >= 4 is 12.0 Å². The normalized spacial score (nSPS) is 20.8. The van der Waals surface area contributed by atoms with Gasteiger partial charge in [-0.2, -0.15) is 0 Å². The van der Waals surface area contributed by atoms with E-state index in [1.807, 2.05) is 0 Å². The molecule has 0 aromatic heterocycles. The van der Waals surface area contributed by atoms with Gasteiger partial charge in [0.2, 0.25) is 0 Å². The number of nitrogens with zero attached hydrogens (tertiary/aromatic N) is 1. The molecule has 126 valence electrons. The van der Waals surface area contributed by atoms with Crippen molar-refractivity contribution in [1.82, 2.24) is 10.2 Å². The molecule has 0 spiro atoms. The molecule has 0 aliphatic heterocycles. The Labute approximate surface area is 133 Å². The second-order valence-electron chi connectivity index (χ2n) is 5.93. The average Bonchev–Trinajstić information content (AvgIpc) is 2.50. The van der Waals surface area contributed by atoms with Gasteiger partial charge in [0.1, 0.15) is 11.6 Å². The lowest BCUT2D eigenvalue weighted by Crippen LogP contribution is -2.44. The number of urea groups is 1. The first-order valence-electron chi connectivity index (χ1n) is 7.55. The topological polar surface area (TPSA) is 69.6 Å². The molecule has 7 heteroatoms. The number of amides is 2. The summed E-state index contributed by atoms with van der Waals surface area (Å²) in [6.45, 7) is 0.0302. The molecule has 0 heterocycles. The summed E-state index contributed by atoms with van der Waals surface area (Å²) in [6, 6.07) is 2.82. The quantitative estimate of drug-likeness (QED) is 0.894. The van der Waals surface area contributed by atoms with Gasteiger partial charge in [-0.3, -0.25) is 4.79 Å². The van der Waals surface area contributed by atoms with Crippen LogP contribution >= 0.6 is 0 Å². The Hall–Kier alpha value is -2.18. The Morgan fingerprint density at radius 3 is 2.48 bits per heavy atom. The fraction of sp³-hybridized carbons (Fsp3) is 0.500. The van der Waals surface area contributed by atoms with Gasteiger partial charge >= 0.3 is 12.0 Å². The number of carboxylic acid groups (broad SMARTS) is 1. The van der Waals surface area contributed by atoms with Gasteiger partial charge in [0.05, 0.1) is 5.92 Å². The zero-order valence-corrected chi connectivity index (χ0v) is 12.9. The number of benzene rings is 1. The molecule has 0 unspecified atom stereocenters. The number of rotatable bonds is 4. The summed E-state index contributed by atoms with van der Waals surface area (Å²) in [5, 5.41) is 11.8. The van der Waals surface area contributed by atoms with Gasteiger partial charge in [-0.15, -0.1) is 0 Å². The third-order valence-corrected chi connectivity index (χ3v) is 4.17. The van der Waals surface area contributed by atoms with E-state index in [0.717, 1.165) is 12.1 Å². The van der Waals surface area contributed by atoms with Crippen LogP contribution in [0.25, 0.3) is 0 Å². The standard InChI is InChI=1S/C16H20F2N2O3/c1-20(9-11-2-5-12(17)8-14(11)18)16(23)19-13-6-3-10(4-7-13)15(21)22/h2,5,8,10,13H,3-4,6-7,9H2,1H3,(H,19,23)(H,21,22). The van der Waals surface area contributed by atoms with E-state index in [1.165, 1.54) is 18.0 Å². The highest BCUT2D eigenvalue weighted by Gasteiger charge is 2.27. The summed E-state index contributed by atoms with van der Waals surface area (Å²) in [4.78, 5) is 24.3. The minimum Gasteiger partial charge on any atom is -0.481 e. The van der Waals surface area contributed by atoms with Crippen molar-refractivity contribution in [2.24, 2.45) is 5.92 Å². The third-order valence-electron chi connectivity index (χ3n) is 4.17. The van der Waals surface area contributed by atoms with Crippen LogP contribution in [0.1, 0.15) is 31.2 Å². The van der Waals surface area contributed by atoms with E-state index < -0.39 is 17.6 Å². The molecule has 0 bridgehead atoms. The van der Waals surface area contributed by atoms with Crippen molar-refractivity contribution in [2.75, 3.05) is 7.05 Å². The molecule has 0 atom stereocenters. The monoisotopic (exact) mass is 326 g/mol. The number of aliphatic carboxylic acids is 1. The number of hydrogen-bond donors (Lipinski definition) is 2. The van der Waals surface area contributed by atoms with Gasteiger partial charge in [0, 0.05) is 31.3 Å². The molecule has 1 aromatic carbocycles. The smallest absolute Gasteiger partial charge is 0.317 e. The van der Waals surface area contributed by atoms with Crippen molar-refractivity contribution in [3.63, 3.8) is 0 Å². The van der Waals surface area contributed by atoms with Crippen LogP contribution in [0, 0.1) is 17.6 Å². The molecule has 0 radical (unpaired) electrons. The van der Waals surface area contributed by atoms with Crippen molar-refractivity contribution < 1.29 is 23.5 Å². The summed E-state index contributed by atoms with van der Waals surface area (Å²) in [7, 11) is 1.53. The first-order valence-corrected chi connectivity index (χ1v) is 7.55. The van der Waals surface area contributed by atoms with Crippen LogP contribution in [0.3, 0.4) is 0 Å². The number of nitrogens with one attached hydrogen (secondary N) is 1. The van der Waals surface area contributed by atoms with Crippen LogP contribution in [0.2, 0.25) is 0 Å². The van der Waals surface area contributed by atoms with Crippen LogP contribution in [-0.2, 0) is 11.3 Å². The Morgan fingerprint density at radius 2 is 1.91 bits per heavy atom. The number of hydrogen-bond acceptors (Lipinski definition) is 2. The molecule has 1 aliphatic carbocycles. The first-order chi connectivity index (χ1) is 10.9. The lowest BCUT2D eigenvalue weighted by Gasteiger charge is -2.29. The maximum Gasteiger partial charge on any atom is 0.317 e. The fourth-order valence-corrected chi connectivity index (χ4v) is 2.75. The average molecular weight is 326 g/mol. The maximum atomic E-state index is 13.6. The molecule has 23 heavy (non-hydrogen) atoms. The molecule has 1 fully saturated rings. The molecule has 1 aromatic rings. The second kappa shape index (κ2) is 7.39. The van der Waals surface area contributed by atoms with Gasteiger partial charge in [0.15, 0.2) is 0 Å². The molecule has 0 saturated heterocycles. The number of carbonyl (C=O) groups is 2. The number of halogens is 2. The van der Waals surface area contributed by atoms with Crippen molar-refractivity contribution in [3.8, 4) is 0 Å². The van der Waals surface area contributed by atoms with Crippen LogP contribution in [-0.4, -0.2) is 35.1 Å². The molecule has 1 saturated carbocycles. The SMILES string of the molecule is CN(Cc1ccc(F)cc1F)C(=O)NC1CCC(C(=O)O)CC1. The largest absolute Gasteiger partial charge is 0.481 e. The lowest BCUT2D eigenvalue weighted by molar-refractivity contribution is -0.142. The Morgan fingerprint density at radius 1 is 1.26 bits per heavy atom. The van der Waals surface area contributed by atoms with Crippen molar-refractivity contribution in [2.45, 2.75) is 38.3 Å².